The van der Waals surface area contributed by atoms with Gasteiger partial charge in [-0.15, -0.1) is 0 Å². The van der Waals surface area contributed by atoms with Gasteiger partial charge in [0.2, 0.25) is 0 Å². The first-order chi connectivity index (χ1) is 11.0. The predicted octanol–water partition coefficient (Wildman–Crippen LogP) is 2.63. The van der Waals surface area contributed by atoms with Gasteiger partial charge in [-0.1, -0.05) is 24.6 Å². The summed E-state index contributed by atoms with van der Waals surface area (Å²) < 4.78 is 0. The van der Waals surface area contributed by atoms with Crippen molar-refractivity contribution in [1.82, 2.24) is 21.3 Å². The number of hydrogen-bond donors (Lipinski definition) is 4. The zero-order chi connectivity index (χ0) is 15.6. The molecule has 0 aromatic heterocycles. The van der Waals surface area contributed by atoms with Crippen molar-refractivity contribution in [3.05, 3.63) is 36.8 Å². The average molecular weight is 306 g/mol. The molecule has 22 heavy (non-hydrogen) atoms. The molecule has 4 aliphatic heterocycles. The lowest BCUT2D eigenvalue weighted by atomic mass is 10.2. The van der Waals surface area contributed by atoms with Crippen molar-refractivity contribution in [3.63, 3.8) is 0 Å². The Balaban J connectivity index is 0.000000147. The zero-order valence-corrected chi connectivity index (χ0v) is 13.9. The first-order valence-electron chi connectivity index (χ1n) is 8.86. The quantitative estimate of drug-likeness (QED) is 0.556. The molecule has 0 spiro atoms. The van der Waals surface area contributed by atoms with Crippen LogP contribution in [0.3, 0.4) is 0 Å². The molecule has 0 aliphatic carbocycles. The molecule has 4 heterocycles. The molecule has 4 nitrogen and oxygen atoms in total. The van der Waals surface area contributed by atoms with E-state index in [1.807, 2.05) is 18.6 Å². The monoisotopic (exact) mass is 306 g/mol. The highest BCUT2D eigenvalue weighted by Gasteiger charge is 1.94. The van der Waals surface area contributed by atoms with E-state index in [2.05, 4.69) is 39.5 Å². The highest BCUT2D eigenvalue weighted by molar-refractivity contribution is 4.98. The van der Waals surface area contributed by atoms with Crippen LogP contribution in [-0.4, -0.2) is 32.7 Å². The summed E-state index contributed by atoms with van der Waals surface area (Å²) in [6.07, 6.45) is 21.4. The topological polar surface area (TPSA) is 48.1 Å². The third-order valence-corrected chi connectivity index (χ3v) is 3.56. The van der Waals surface area contributed by atoms with E-state index < -0.39 is 0 Å². The Labute approximate surface area is 136 Å². The number of allylic oxidation sites excluding steroid dienone is 2. The van der Waals surface area contributed by atoms with Crippen LogP contribution < -0.4 is 21.3 Å². The van der Waals surface area contributed by atoms with Gasteiger partial charge in [-0.25, -0.2) is 0 Å². The van der Waals surface area contributed by atoms with Crippen LogP contribution in [0, 0.1) is 0 Å². The molecular formula is C18H34N4. The van der Waals surface area contributed by atoms with Gasteiger partial charge in [0.25, 0.3) is 0 Å². The van der Waals surface area contributed by atoms with E-state index in [4.69, 9.17) is 0 Å². The van der Waals surface area contributed by atoms with Crippen LogP contribution in [-0.2, 0) is 0 Å². The van der Waals surface area contributed by atoms with Crippen molar-refractivity contribution in [1.29, 1.82) is 0 Å². The van der Waals surface area contributed by atoms with Crippen molar-refractivity contribution in [2.45, 2.75) is 44.9 Å². The van der Waals surface area contributed by atoms with E-state index in [0.29, 0.717) is 0 Å². The summed E-state index contributed by atoms with van der Waals surface area (Å²) in [6.45, 7) is 6.14. The smallest absolute Gasteiger partial charge is 0.0176 e. The van der Waals surface area contributed by atoms with Gasteiger partial charge in [-0.3, -0.25) is 0 Å². The fourth-order valence-electron chi connectivity index (χ4n) is 2.25. The highest BCUT2D eigenvalue weighted by Crippen LogP contribution is 1.96. The Morgan fingerprint density at radius 3 is 1.32 bits per heavy atom. The van der Waals surface area contributed by atoms with E-state index in [1.165, 1.54) is 64.7 Å². The van der Waals surface area contributed by atoms with Gasteiger partial charge in [-0.05, 0) is 83.3 Å². The Kier molecular flexibility index (Phi) is 13.8. The maximum atomic E-state index is 3.28. The standard InChI is InChI=1S/C5H11N.C5H7N.C4H9N.C4H7N/c2*1-2-4-6-5-3-1;2*1-2-4-5-3-1/h6H,1-5H2;2-6H,1H2;5H,1-4H2;1,3,5H,2,4H2. The van der Waals surface area contributed by atoms with Gasteiger partial charge in [0.1, 0.15) is 0 Å². The number of nitrogens with one attached hydrogen (secondary N) is 4. The van der Waals surface area contributed by atoms with Crippen LogP contribution >= 0.6 is 0 Å². The van der Waals surface area contributed by atoms with E-state index in [0.717, 1.165) is 13.0 Å². The Morgan fingerprint density at radius 1 is 0.545 bits per heavy atom. The second-order valence-corrected chi connectivity index (χ2v) is 5.62. The normalized spacial score (nSPS) is 21.1. The summed E-state index contributed by atoms with van der Waals surface area (Å²) in [7, 11) is 0. The summed E-state index contributed by atoms with van der Waals surface area (Å²) in [6, 6.07) is 0. The lowest BCUT2D eigenvalue weighted by molar-refractivity contribution is 0.520. The molecule has 0 aromatic carbocycles. The third-order valence-electron chi connectivity index (χ3n) is 3.56. The molecule has 0 saturated carbocycles. The average Bonchev–Trinajstić information content (AvgIpc) is 3.37. The van der Waals surface area contributed by atoms with Crippen LogP contribution in [0.5, 0.6) is 0 Å². The van der Waals surface area contributed by atoms with Crippen LogP contribution in [0.25, 0.3) is 0 Å². The van der Waals surface area contributed by atoms with Gasteiger partial charge >= 0.3 is 0 Å². The summed E-state index contributed by atoms with van der Waals surface area (Å²) >= 11 is 0. The molecule has 126 valence electrons. The maximum absolute atomic E-state index is 3.28. The van der Waals surface area contributed by atoms with Crippen molar-refractivity contribution in [3.8, 4) is 0 Å². The van der Waals surface area contributed by atoms with E-state index in [9.17, 15) is 0 Å². The Hall–Kier alpha value is -1.26. The summed E-state index contributed by atoms with van der Waals surface area (Å²) in [5.41, 5.74) is 0. The molecule has 0 bridgehead atoms. The van der Waals surface area contributed by atoms with Crippen molar-refractivity contribution in [2.75, 3.05) is 32.7 Å². The molecule has 0 aromatic rings. The molecule has 2 fully saturated rings. The van der Waals surface area contributed by atoms with E-state index in [1.54, 1.807) is 0 Å². The second kappa shape index (κ2) is 16.1. The fourth-order valence-corrected chi connectivity index (χ4v) is 2.25. The van der Waals surface area contributed by atoms with Crippen LogP contribution in [0.2, 0.25) is 0 Å². The third kappa shape index (κ3) is 13.7. The number of dihydropyridines is 1. The molecule has 4 heteroatoms. The highest BCUT2D eigenvalue weighted by atomic mass is 14.9. The van der Waals surface area contributed by atoms with Crippen LogP contribution in [0.4, 0.5) is 0 Å². The van der Waals surface area contributed by atoms with Crippen LogP contribution in [0.15, 0.2) is 36.8 Å². The lowest BCUT2D eigenvalue weighted by Crippen LogP contribution is -2.21. The minimum absolute atomic E-state index is 1.08. The van der Waals surface area contributed by atoms with E-state index in [-0.39, 0.29) is 0 Å². The van der Waals surface area contributed by atoms with Gasteiger partial charge in [-0.2, -0.15) is 0 Å². The Bertz CT molecular complexity index is 257. The zero-order valence-electron chi connectivity index (χ0n) is 13.9. The second-order valence-electron chi connectivity index (χ2n) is 5.62. The largest absolute Gasteiger partial charge is 0.391 e. The summed E-state index contributed by atoms with van der Waals surface area (Å²) in [5.74, 6) is 0. The minimum Gasteiger partial charge on any atom is -0.391 e. The van der Waals surface area contributed by atoms with Gasteiger partial charge in [0, 0.05) is 6.54 Å². The predicted molar refractivity (Wildman–Crippen MR) is 96.6 cm³/mol. The van der Waals surface area contributed by atoms with Gasteiger partial charge in [0.15, 0.2) is 0 Å². The van der Waals surface area contributed by atoms with Gasteiger partial charge in [0.05, 0.1) is 0 Å². The SMILES string of the molecule is C1=CNC=CC1.C1=CNCC1.C1CCNC1.C1CCNCC1. The first-order valence-corrected chi connectivity index (χ1v) is 8.86. The lowest BCUT2D eigenvalue weighted by Gasteiger charge is -2.08. The van der Waals surface area contributed by atoms with Gasteiger partial charge < -0.3 is 21.3 Å². The first kappa shape index (κ1) is 18.8. The summed E-state index contributed by atoms with van der Waals surface area (Å²) in [5, 5.41) is 12.5. The van der Waals surface area contributed by atoms with Crippen LogP contribution in [0.1, 0.15) is 44.9 Å². The maximum Gasteiger partial charge on any atom is 0.0176 e. The minimum atomic E-state index is 1.08. The number of hydrogen-bond acceptors (Lipinski definition) is 4. The molecule has 0 radical (unpaired) electrons. The molecule has 2 saturated heterocycles. The molecule has 4 rings (SSSR count). The van der Waals surface area contributed by atoms with Crippen molar-refractivity contribution in [2.24, 2.45) is 0 Å². The van der Waals surface area contributed by atoms with Crippen molar-refractivity contribution < 1.29 is 0 Å². The molecular weight excluding hydrogens is 272 g/mol. The molecule has 0 unspecified atom stereocenters. The van der Waals surface area contributed by atoms with Crippen molar-refractivity contribution >= 4 is 0 Å². The number of rotatable bonds is 0. The molecule has 0 atom stereocenters. The molecule has 4 N–H and O–H groups in total. The van der Waals surface area contributed by atoms with E-state index >= 15 is 0 Å². The molecule has 0 amide bonds. The molecule has 4 aliphatic rings. The Morgan fingerprint density at radius 2 is 1.14 bits per heavy atom. The number of piperidine rings is 1. The summed E-state index contributed by atoms with van der Waals surface area (Å²) in [4.78, 5) is 0. The fraction of sp³-hybridized carbons (Fsp3) is 0.667.